The Hall–Kier alpha value is -1.10. The van der Waals surface area contributed by atoms with E-state index < -0.39 is 11.6 Å². The van der Waals surface area contributed by atoms with Gasteiger partial charge in [0.2, 0.25) is 11.4 Å². The fourth-order valence-electron chi connectivity index (χ4n) is 2.87. The summed E-state index contributed by atoms with van der Waals surface area (Å²) in [5.41, 5.74) is -0.977. The van der Waals surface area contributed by atoms with Gasteiger partial charge in [0.15, 0.2) is 0 Å². The average Bonchev–Trinajstić information content (AvgIpc) is 2.46. The molecule has 2 rings (SSSR count). The van der Waals surface area contributed by atoms with Gasteiger partial charge >= 0.3 is 5.97 Å². The molecule has 0 unspecified atom stereocenters. The van der Waals surface area contributed by atoms with Gasteiger partial charge in [0.1, 0.15) is 6.10 Å². The van der Waals surface area contributed by atoms with Gasteiger partial charge in [0.05, 0.1) is 18.1 Å². The second-order valence-corrected chi connectivity index (χ2v) is 5.82. The van der Waals surface area contributed by atoms with Crippen molar-refractivity contribution < 1.29 is 19.1 Å². The SMILES string of the molecule is CC(C)O[C@@H](C(C)C)[C@]12NC(=O)[C@H](C)[C@@H]1OC2=O. The zero-order chi connectivity index (χ0) is 13.7. The van der Waals surface area contributed by atoms with Gasteiger partial charge in [-0.2, -0.15) is 0 Å². The summed E-state index contributed by atoms with van der Waals surface area (Å²) < 4.78 is 11.0. The predicted molar refractivity (Wildman–Crippen MR) is 64.8 cm³/mol. The Kier molecular flexibility index (Phi) is 3.13. The molecule has 0 spiro atoms. The van der Waals surface area contributed by atoms with Gasteiger partial charge in [-0.1, -0.05) is 13.8 Å². The Bertz CT molecular complexity index is 379. The fourth-order valence-corrected chi connectivity index (χ4v) is 2.87. The van der Waals surface area contributed by atoms with Crippen LogP contribution in [0.1, 0.15) is 34.6 Å². The van der Waals surface area contributed by atoms with Crippen LogP contribution in [0.5, 0.6) is 0 Å². The summed E-state index contributed by atoms with van der Waals surface area (Å²) in [5.74, 6) is -0.693. The third kappa shape index (κ3) is 1.64. The standard InChI is InChI=1S/C13H21NO4/c1-6(2)9(17-7(3)4)13-10(18-12(13)16)8(5)11(15)14-13/h6-10H,1-5H3,(H,14,15)/t8-,9+,10+,13+/m1/s1. The van der Waals surface area contributed by atoms with Crippen LogP contribution in [0.4, 0.5) is 0 Å². The van der Waals surface area contributed by atoms with Crippen LogP contribution in [0, 0.1) is 11.8 Å². The molecule has 1 amide bonds. The summed E-state index contributed by atoms with van der Waals surface area (Å²) in [6.45, 7) is 9.59. The number of carbonyl (C=O) groups excluding carboxylic acids is 2. The van der Waals surface area contributed by atoms with Gasteiger partial charge in [-0.15, -0.1) is 0 Å². The second-order valence-electron chi connectivity index (χ2n) is 5.82. The lowest BCUT2D eigenvalue weighted by atomic mass is 9.76. The van der Waals surface area contributed by atoms with Crippen LogP contribution >= 0.6 is 0 Å². The van der Waals surface area contributed by atoms with Crippen LogP contribution in [0.3, 0.4) is 0 Å². The third-order valence-corrected chi connectivity index (χ3v) is 3.69. The van der Waals surface area contributed by atoms with Crippen molar-refractivity contribution in [1.82, 2.24) is 5.32 Å². The predicted octanol–water partition coefficient (Wildman–Crippen LogP) is 0.866. The Labute approximate surface area is 107 Å². The van der Waals surface area contributed by atoms with E-state index in [-0.39, 0.29) is 35.9 Å². The molecule has 0 aromatic carbocycles. The van der Waals surface area contributed by atoms with Crippen molar-refractivity contribution in [3.05, 3.63) is 0 Å². The van der Waals surface area contributed by atoms with Crippen molar-refractivity contribution in [2.24, 2.45) is 11.8 Å². The number of hydrogen-bond acceptors (Lipinski definition) is 4. The summed E-state index contributed by atoms with van der Waals surface area (Å²) in [4.78, 5) is 23.7. The van der Waals surface area contributed by atoms with E-state index in [4.69, 9.17) is 9.47 Å². The van der Waals surface area contributed by atoms with Crippen LogP contribution in [-0.4, -0.2) is 35.7 Å². The molecule has 2 aliphatic rings. The molecule has 102 valence electrons. The summed E-state index contributed by atoms with van der Waals surface area (Å²) in [7, 11) is 0. The molecule has 1 N–H and O–H groups in total. The van der Waals surface area contributed by atoms with E-state index in [1.807, 2.05) is 27.7 Å². The van der Waals surface area contributed by atoms with E-state index in [1.54, 1.807) is 6.92 Å². The highest BCUT2D eigenvalue weighted by Crippen LogP contribution is 2.44. The van der Waals surface area contributed by atoms with Crippen LogP contribution in [0.15, 0.2) is 0 Å². The lowest BCUT2D eigenvalue weighted by Crippen LogP contribution is -2.74. The molecule has 4 atom stereocenters. The maximum Gasteiger partial charge on any atom is 0.339 e. The van der Waals surface area contributed by atoms with Gasteiger partial charge in [0, 0.05) is 0 Å². The third-order valence-electron chi connectivity index (χ3n) is 3.69. The van der Waals surface area contributed by atoms with Crippen molar-refractivity contribution in [1.29, 1.82) is 0 Å². The first-order valence-electron chi connectivity index (χ1n) is 6.49. The van der Waals surface area contributed by atoms with E-state index in [0.717, 1.165) is 0 Å². The normalized spacial score (nSPS) is 36.2. The number of fused-ring (bicyclic) bond motifs is 1. The molecule has 0 saturated carbocycles. The molecule has 5 nitrogen and oxygen atoms in total. The van der Waals surface area contributed by atoms with Gasteiger partial charge in [-0.25, -0.2) is 4.79 Å². The van der Waals surface area contributed by atoms with E-state index >= 15 is 0 Å². The number of nitrogens with one attached hydrogen (secondary N) is 1. The Morgan fingerprint density at radius 1 is 1.28 bits per heavy atom. The molecule has 2 heterocycles. The van der Waals surface area contributed by atoms with Crippen molar-refractivity contribution in [2.75, 3.05) is 0 Å². The Morgan fingerprint density at radius 2 is 1.89 bits per heavy atom. The minimum Gasteiger partial charge on any atom is -0.456 e. The fraction of sp³-hybridized carbons (Fsp3) is 0.846. The molecule has 0 radical (unpaired) electrons. The maximum absolute atomic E-state index is 11.9. The van der Waals surface area contributed by atoms with E-state index in [1.165, 1.54) is 0 Å². The first kappa shape index (κ1) is 13.3. The van der Waals surface area contributed by atoms with Crippen LogP contribution in [0.25, 0.3) is 0 Å². The molecule has 0 aromatic rings. The maximum atomic E-state index is 11.9. The number of rotatable bonds is 4. The molecule has 0 aromatic heterocycles. The van der Waals surface area contributed by atoms with Crippen LogP contribution in [0.2, 0.25) is 0 Å². The lowest BCUT2D eigenvalue weighted by molar-refractivity contribution is -0.215. The lowest BCUT2D eigenvalue weighted by Gasteiger charge is -2.48. The van der Waals surface area contributed by atoms with Gasteiger partial charge in [0.25, 0.3) is 0 Å². The van der Waals surface area contributed by atoms with E-state index in [0.29, 0.717) is 0 Å². The smallest absolute Gasteiger partial charge is 0.339 e. The van der Waals surface area contributed by atoms with Crippen molar-refractivity contribution >= 4 is 11.9 Å². The number of esters is 1. The van der Waals surface area contributed by atoms with Gasteiger partial charge in [-0.3, -0.25) is 4.79 Å². The molecule has 0 aliphatic carbocycles. The Morgan fingerprint density at radius 3 is 2.28 bits per heavy atom. The molecular formula is C13H21NO4. The minimum atomic E-state index is -0.977. The quantitative estimate of drug-likeness (QED) is 0.757. The van der Waals surface area contributed by atoms with Crippen LogP contribution < -0.4 is 5.32 Å². The minimum absolute atomic E-state index is 0.00590. The monoisotopic (exact) mass is 255 g/mol. The summed E-state index contributed by atoms with van der Waals surface area (Å²) >= 11 is 0. The summed E-state index contributed by atoms with van der Waals surface area (Å²) in [5, 5.41) is 2.81. The zero-order valence-corrected chi connectivity index (χ0v) is 11.5. The van der Waals surface area contributed by atoms with Crippen molar-refractivity contribution in [3.8, 4) is 0 Å². The van der Waals surface area contributed by atoms with E-state index in [2.05, 4.69) is 5.32 Å². The first-order valence-corrected chi connectivity index (χ1v) is 6.49. The van der Waals surface area contributed by atoms with E-state index in [9.17, 15) is 9.59 Å². The summed E-state index contributed by atoms with van der Waals surface area (Å²) in [6.07, 6.45) is -0.755. The molecule has 0 bridgehead atoms. The number of amides is 1. The zero-order valence-electron chi connectivity index (χ0n) is 11.5. The highest BCUT2D eigenvalue weighted by Gasteiger charge is 2.71. The second kappa shape index (κ2) is 4.23. The largest absolute Gasteiger partial charge is 0.456 e. The summed E-state index contributed by atoms with van der Waals surface area (Å²) in [6, 6.07) is 0. The number of ether oxygens (including phenoxy) is 2. The van der Waals surface area contributed by atoms with Crippen molar-refractivity contribution in [3.63, 3.8) is 0 Å². The molecule has 2 aliphatic heterocycles. The van der Waals surface area contributed by atoms with Gasteiger partial charge in [-0.05, 0) is 26.7 Å². The number of carbonyl (C=O) groups is 2. The topological polar surface area (TPSA) is 64.6 Å². The van der Waals surface area contributed by atoms with Crippen molar-refractivity contribution in [2.45, 2.75) is 58.5 Å². The molecule has 2 fully saturated rings. The molecule has 18 heavy (non-hydrogen) atoms. The van der Waals surface area contributed by atoms with Crippen LogP contribution in [-0.2, 0) is 19.1 Å². The molecular weight excluding hydrogens is 234 g/mol. The molecule has 2 saturated heterocycles. The highest BCUT2D eigenvalue weighted by atomic mass is 16.6. The first-order chi connectivity index (χ1) is 8.30. The van der Waals surface area contributed by atoms with Gasteiger partial charge < -0.3 is 14.8 Å². The molecule has 5 heteroatoms. The average molecular weight is 255 g/mol. The highest BCUT2D eigenvalue weighted by molar-refractivity contribution is 5.99. The Balaban J connectivity index is 2.32. The number of hydrogen-bond donors (Lipinski definition) is 1.